The molecule has 1 N–H and O–H groups in total. The van der Waals surface area contributed by atoms with E-state index in [0.717, 1.165) is 6.42 Å². The molecular formula is C10H15NO3. The number of hydrogen-bond acceptors (Lipinski definition) is 3. The van der Waals surface area contributed by atoms with Gasteiger partial charge in [-0.05, 0) is 13.3 Å². The predicted octanol–water partition coefficient (Wildman–Crippen LogP) is 2.37. The van der Waals surface area contributed by atoms with Gasteiger partial charge in [-0.3, -0.25) is 0 Å². The van der Waals surface area contributed by atoms with Crippen molar-refractivity contribution in [3.05, 3.63) is 17.3 Å². The maximum atomic E-state index is 10.7. The lowest BCUT2D eigenvalue weighted by molar-refractivity contribution is 0.0689. The van der Waals surface area contributed by atoms with Crippen LogP contribution in [0.5, 0.6) is 0 Å². The Bertz CT molecular complexity index is 352. The summed E-state index contributed by atoms with van der Waals surface area (Å²) < 4.78 is 5.34. The van der Waals surface area contributed by atoms with Gasteiger partial charge in [-0.1, -0.05) is 20.8 Å². The van der Waals surface area contributed by atoms with Crippen LogP contribution in [-0.2, 0) is 5.41 Å². The molecule has 0 radical (unpaired) electrons. The van der Waals surface area contributed by atoms with Gasteiger partial charge in [-0.15, -0.1) is 0 Å². The van der Waals surface area contributed by atoms with Crippen LogP contribution in [0.4, 0.5) is 0 Å². The molecule has 0 saturated carbocycles. The van der Waals surface area contributed by atoms with E-state index in [1.165, 1.54) is 0 Å². The molecule has 0 unspecified atom stereocenters. The van der Waals surface area contributed by atoms with Crippen LogP contribution in [-0.4, -0.2) is 16.1 Å². The molecule has 0 aliphatic carbocycles. The molecule has 0 amide bonds. The quantitative estimate of drug-likeness (QED) is 0.807. The second-order valence-electron chi connectivity index (χ2n) is 3.97. The second-order valence-corrected chi connectivity index (χ2v) is 3.97. The summed E-state index contributed by atoms with van der Waals surface area (Å²) >= 11 is 0. The number of aromatic nitrogens is 1. The molecular weight excluding hydrogens is 182 g/mol. The largest absolute Gasteiger partial charge is 0.476 e. The Balaban J connectivity index is 3.15. The maximum Gasteiger partial charge on any atom is 0.358 e. The number of carbonyl (C=O) groups is 1. The van der Waals surface area contributed by atoms with E-state index in [1.54, 1.807) is 6.92 Å². The topological polar surface area (TPSA) is 63.3 Å². The lowest BCUT2D eigenvalue weighted by atomic mass is 9.90. The van der Waals surface area contributed by atoms with Crippen molar-refractivity contribution in [2.75, 3.05) is 0 Å². The van der Waals surface area contributed by atoms with Gasteiger partial charge >= 0.3 is 5.97 Å². The molecule has 78 valence electrons. The number of hydrogen-bond donors (Lipinski definition) is 1. The van der Waals surface area contributed by atoms with Crippen molar-refractivity contribution >= 4 is 5.97 Å². The summed E-state index contributed by atoms with van der Waals surface area (Å²) in [4.78, 5) is 14.7. The first kappa shape index (κ1) is 10.8. The molecule has 0 bridgehead atoms. The van der Waals surface area contributed by atoms with Gasteiger partial charge in [0.25, 0.3) is 0 Å². The van der Waals surface area contributed by atoms with Crippen LogP contribution >= 0.6 is 0 Å². The van der Waals surface area contributed by atoms with E-state index in [9.17, 15) is 4.79 Å². The third kappa shape index (κ3) is 1.78. The lowest BCUT2D eigenvalue weighted by Gasteiger charge is -2.17. The highest BCUT2D eigenvalue weighted by molar-refractivity contribution is 5.86. The summed E-state index contributed by atoms with van der Waals surface area (Å²) in [7, 11) is 0. The van der Waals surface area contributed by atoms with Crippen molar-refractivity contribution in [3.8, 4) is 0 Å². The van der Waals surface area contributed by atoms with Crippen LogP contribution in [0.3, 0.4) is 0 Å². The Morgan fingerprint density at radius 3 is 2.50 bits per heavy atom. The molecule has 0 spiro atoms. The zero-order valence-electron chi connectivity index (χ0n) is 8.92. The molecule has 1 rings (SSSR count). The van der Waals surface area contributed by atoms with Crippen molar-refractivity contribution < 1.29 is 14.3 Å². The first-order chi connectivity index (χ1) is 6.38. The SMILES string of the molecule is CCC(C)(C)c1nc(C(=O)O)c(C)o1. The molecule has 0 aliphatic heterocycles. The third-order valence-corrected chi connectivity index (χ3v) is 2.46. The summed E-state index contributed by atoms with van der Waals surface area (Å²) in [5, 5.41) is 8.79. The van der Waals surface area contributed by atoms with Crippen molar-refractivity contribution in [2.24, 2.45) is 0 Å². The summed E-state index contributed by atoms with van der Waals surface area (Å²) in [6.07, 6.45) is 0.853. The van der Waals surface area contributed by atoms with E-state index in [-0.39, 0.29) is 11.1 Å². The van der Waals surface area contributed by atoms with Gasteiger partial charge in [0.15, 0.2) is 5.69 Å². The minimum absolute atomic E-state index is 0.0153. The molecule has 0 fully saturated rings. The van der Waals surface area contributed by atoms with Gasteiger partial charge in [0.2, 0.25) is 5.89 Å². The highest BCUT2D eigenvalue weighted by Crippen LogP contribution is 2.27. The van der Waals surface area contributed by atoms with E-state index in [4.69, 9.17) is 9.52 Å². The van der Waals surface area contributed by atoms with Crippen LogP contribution in [0.25, 0.3) is 0 Å². The van der Waals surface area contributed by atoms with Gasteiger partial charge < -0.3 is 9.52 Å². The van der Waals surface area contributed by atoms with Gasteiger partial charge in [-0.25, -0.2) is 9.78 Å². The minimum Gasteiger partial charge on any atom is -0.476 e. The summed E-state index contributed by atoms with van der Waals surface area (Å²) in [6, 6.07) is 0. The number of aromatic carboxylic acids is 1. The lowest BCUT2D eigenvalue weighted by Crippen LogP contribution is -2.16. The molecule has 4 nitrogen and oxygen atoms in total. The van der Waals surface area contributed by atoms with Crippen molar-refractivity contribution in [1.82, 2.24) is 4.98 Å². The first-order valence-electron chi connectivity index (χ1n) is 4.59. The summed E-state index contributed by atoms with van der Waals surface area (Å²) in [6.45, 7) is 7.58. The highest BCUT2D eigenvalue weighted by atomic mass is 16.4. The molecule has 0 atom stereocenters. The number of nitrogens with zero attached hydrogens (tertiary/aromatic N) is 1. The first-order valence-corrected chi connectivity index (χ1v) is 4.59. The van der Waals surface area contributed by atoms with Crippen molar-refractivity contribution in [2.45, 2.75) is 39.5 Å². The number of carboxylic acid groups (broad SMARTS) is 1. The third-order valence-electron chi connectivity index (χ3n) is 2.46. The fourth-order valence-electron chi connectivity index (χ4n) is 1.04. The molecule has 1 aromatic rings. The van der Waals surface area contributed by atoms with Crippen molar-refractivity contribution in [1.29, 1.82) is 0 Å². The Morgan fingerprint density at radius 1 is 1.57 bits per heavy atom. The smallest absolute Gasteiger partial charge is 0.358 e. The Labute approximate surface area is 83.0 Å². The summed E-state index contributed by atoms with van der Waals surface area (Å²) in [5.41, 5.74) is -0.195. The van der Waals surface area contributed by atoms with Gasteiger partial charge in [0.1, 0.15) is 5.76 Å². The van der Waals surface area contributed by atoms with E-state index in [2.05, 4.69) is 4.98 Å². The van der Waals surface area contributed by atoms with E-state index < -0.39 is 5.97 Å². The zero-order chi connectivity index (χ0) is 10.9. The standard InChI is InChI=1S/C10H15NO3/c1-5-10(3,4)9-11-7(8(12)13)6(2)14-9/h5H2,1-4H3,(H,12,13). The fraction of sp³-hybridized carbons (Fsp3) is 0.600. The predicted molar refractivity (Wildman–Crippen MR) is 51.5 cm³/mol. The number of oxazole rings is 1. The molecule has 1 aromatic heterocycles. The van der Waals surface area contributed by atoms with Crippen LogP contribution in [0.15, 0.2) is 4.42 Å². The Morgan fingerprint density at radius 2 is 2.14 bits per heavy atom. The average molecular weight is 197 g/mol. The summed E-state index contributed by atoms with van der Waals surface area (Å²) in [5.74, 6) is -0.173. The number of rotatable bonds is 3. The highest BCUT2D eigenvalue weighted by Gasteiger charge is 2.27. The van der Waals surface area contributed by atoms with Gasteiger partial charge in [0, 0.05) is 5.41 Å². The van der Waals surface area contributed by atoms with Crippen LogP contribution in [0.2, 0.25) is 0 Å². The molecule has 4 heteroatoms. The average Bonchev–Trinajstić information content (AvgIpc) is 2.48. The molecule has 1 heterocycles. The number of aryl methyl sites for hydroxylation is 1. The minimum atomic E-state index is -1.04. The molecule has 0 aromatic carbocycles. The molecule has 0 aliphatic rings. The molecule has 14 heavy (non-hydrogen) atoms. The van der Waals surface area contributed by atoms with E-state index in [1.807, 2.05) is 20.8 Å². The maximum absolute atomic E-state index is 10.7. The number of carboxylic acids is 1. The van der Waals surface area contributed by atoms with E-state index >= 15 is 0 Å². The van der Waals surface area contributed by atoms with E-state index in [0.29, 0.717) is 11.7 Å². The second kappa shape index (κ2) is 3.44. The van der Waals surface area contributed by atoms with Crippen LogP contribution in [0.1, 0.15) is 49.3 Å². The Hall–Kier alpha value is -1.32. The van der Waals surface area contributed by atoms with Crippen molar-refractivity contribution in [3.63, 3.8) is 0 Å². The fourth-order valence-corrected chi connectivity index (χ4v) is 1.04. The van der Waals surface area contributed by atoms with Gasteiger partial charge in [-0.2, -0.15) is 0 Å². The normalized spacial score (nSPS) is 11.7. The Kier molecular flexibility index (Phi) is 2.64. The monoisotopic (exact) mass is 197 g/mol. The van der Waals surface area contributed by atoms with Crippen LogP contribution in [0, 0.1) is 6.92 Å². The van der Waals surface area contributed by atoms with Crippen LogP contribution < -0.4 is 0 Å². The zero-order valence-corrected chi connectivity index (χ0v) is 8.92. The molecule has 0 saturated heterocycles. The van der Waals surface area contributed by atoms with Gasteiger partial charge in [0.05, 0.1) is 0 Å².